The van der Waals surface area contributed by atoms with Gasteiger partial charge in [0.1, 0.15) is 0 Å². The first-order valence-corrected chi connectivity index (χ1v) is 4.73. The van der Waals surface area contributed by atoms with Crippen LogP contribution in [0.15, 0.2) is 17.5 Å². The van der Waals surface area contributed by atoms with Crippen molar-refractivity contribution in [2.75, 3.05) is 0 Å². The third-order valence-corrected chi connectivity index (χ3v) is 2.65. The number of hydrogen-bond acceptors (Lipinski definition) is 3. The molecule has 0 radical (unpaired) electrons. The normalized spacial score (nSPS) is 13.3. The van der Waals surface area contributed by atoms with Gasteiger partial charge in [-0.15, -0.1) is 11.3 Å². The maximum absolute atomic E-state index is 5.35. The summed E-state index contributed by atoms with van der Waals surface area (Å²) in [5.74, 6) is 5.35. The molecule has 3 N–H and O–H groups in total. The summed E-state index contributed by atoms with van der Waals surface area (Å²) in [7, 11) is 0. The first-order valence-electron chi connectivity index (χ1n) is 3.85. The van der Waals surface area contributed by atoms with Crippen molar-refractivity contribution in [3.63, 3.8) is 0 Å². The fraction of sp³-hybridized carbons (Fsp3) is 0.500. The molecule has 2 nitrogen and oxygen atoms in total. The van der Waals surface area contributed by atoms with Crippen LogP contribution in [-0.4, -0.2) is 6.04 Å². The van der Waals surface area contributed by atoms with Crippen molar-refractivity contribution in [1.82, 2.24) is 5.43 Å². The van der Waals surface area contributed by atoms with Crippen LogP contribution in [0.5, 0.6) is 0 Å². The molecule has 62 valence electrons. The summed E-state index contributed by atoms with van der Waals surface area (Å²) < 4.78 is 0. The zero-order valence-electron chi connectivity index (χ0n) is 6.71. The smallest absolute Gasteiger partial charge is 0.0256 e. The Morgan fingerprint density at radius 3 is 3.00 bits per heavy atom. The second-order valence-corrected chi connectivity index (χ2v) is 3.59. The van der Waals surface area contributed by atoms with Gasteiger partial charge < -0.3 is 0 Å². The van der Waals surface area contributed by atoms with Crippen molar-refractivity contribution >= 4 is 11.3 Å². The van der Waals surface area contributed by atoms with E-state index in [4.69, 9.17) is 5.84 Å². The van der Waals surface area contributed by atoms with Gasteiger partial charge in [-0.3, -0.25) is 11.3 Å². The lowest BCUT2D eigenvalue weighted by atomic mass is 10.1. The molecule has 3 heteroatoms. The number of hydrogen-bond donors (Lipinski definition) is 2. The van der Waals surface area contributed by atoms with Crippen LogP contribution in [0.3, 0.4) is 0 Å². The molecule has 1 aromatic rings. The van der Waals surface area contributed by atoms with Crippen LogP contribution in [-0.2, 0) is 6.42 Å². The minimum Gasteiger partial charge on any atom is -0.271 e. The van der Waals surface area contributed by atoms with Gasteiger partial charge >= 0.3 is 0 Å². The first kappa shape index (κ1) is 8.71. The SMILES string of the molecule is CCC(Cc1cccs1)NN. The molecule has 0 aliphatic heterocycles. The van der Waals surface area contributed by atoms with Gasteiger partial charge in [0.25, 0.3) is 0 Å². The van der Waals surface area contributed by atoms with E-state index in [-0.39, 0.29) is 0 Å². The van der Waals surface area contributed by atoms with Crippen molar-refractivity contribution in [2.24, 2.45) is 5.84 Å². The van der Waals surface area contributed by atoms with Crippen molar-refractivity contribution < 1.29 is 0 Å². The number of nitrogens with one attached hydrogen (secondary N) is 1. The average Bonchev–Trinajstić information content (AvgIpc) is 2.52. The van der Waals surface area contributed by atoms with Crippen LogP contribution in [0.1, 0.15) is 18.2 Å². The van der Waals surface area contributed by atoms with E-state index in [2.05, 4.69) is 29.9 Å². The number of thiophene rings is 1. The molecule has 1 unspecified atom stereocenters. The number of nitrogens with two attached hydrogens (primary N) is 1. The van der Waals surface area contributed by atoms with E-state index in [1.165, 1.54) is 4.88 Å². The second-order valence-electron chi connectivity index (χ2n) is 2.56. The molecule has 0 spiro atoms. The van der Waals surface area contributed by atoms with Crippen LogP contribution in [0, 0.1) is 0 Å². The molecule has 0 saturated carbocycles. The minimum absolute atomic E-state index is 0.425. The van der Waals surface area contributed by atoms with E-state index < -0.39 is 0 Å². The van der Waals surface area contributed by atoms with E-state index in [1.54, 1.807) is 11.3 Å². The van der Waals surface area contributed by atoms with Crippen LogP contribution in [0.25, 0.3) is 0 Å². The highest BCUT2D eigenvalue weighted by atomic mass is 32.1. The van der Waals surface area contributed by atoms with Gasteiger partial charge in [0.15, 0.2) is 0 Å². The predicted molar refractivity (Wildman–Crippen MR) is 49.4 cm³/mol. The summed E-state index contributed by atoms with van der Waals surface area (Å²) in [5.41, 5.74) is 2.80. The van der Waals surface area contributed by atoms with E-state index in [9.17, 15) is 0 Å². The zero-order chi connectivity index (χ0) is 8.10. The summed E-state index contributed by atoms with van der Waals surface area (Å²) in [6.07, 6.45) is 2.12. The summed E-state index contributed by atoms with van der Waals surface area (Å²) in [6, 6.07) is 4.64. The topological polar surface area (TPSA) is 38.0 Å². The van der Waals surface area contributed by atoms with Gasteiger partial charge in [-0.2, -0.15) is 0 Å². The number of hydrazine groups is 1. The quantitative estimate of drug-likeness (QED) is 0.531. The molecule has 1 heterocycles. The Balaban J connectivity index is 2.41. The Morgan fingerprint density at radius 1 is 1.73 bits per heavy atom. The van der Waals surface area contributed by atoms with Gasteiger partial charge in [0.2, 0.25) is 0 Å². The Bertz CT molecular complexity index is 180. The van der Waals surface area contributed by atoms with Crippen molar-refractivity contribution in [3.05, 3.63) is 22.4 Å². The Labute approximate surface area is 71.4 Å². The Kier molecular flexibility index (Phi) is 3.56. The van der Waals surface area contributed by atoms with Gasteiger partial charge in [-0.05, 0) is 24.3 Å². The predicted octanol–water partition coefficient (Wildman–Crippen LogP) is 1.53. The molecule has 0 saturated heterocycles. The van der Waals surface area contributed by atoms with E-state index in [0.29, 0.717) is 6.04 Å². The maximum Gasteiger partial charge on any atom is 0.0256 e. The second kappa shape index (κ2) is 4.49. The molecule has 1 rings (SSSR count). The molecule has 0 aromatic carbocycles. The lowest BCUT2D eigenvalue weighted by Crippen LogP contribution is -2.35. The minimum atomic E-state index is 0.425. The highest BCUT2D eigenvalue weighted by molar-refractivity contribution is 7.09. The zero-order valence-corrected chi connectivity index (χ0v) is 7.53. The van der Waals surface area contributed by atoms with E-state index >= 15 is 0 Å². The standard InChI is InChI=1S/C8H14N2S/c1-2-7(10-9)6-8-4-3-5-11-8/h3-5,7,10H,2,6,9H2,1H3. The summed E-state index contributed by atoms with van der Waals surface area (Å²) in [6.45, 7) is 2.14. The largest absolute Gasteiger partial charge is 0.271 e. The number of rotatable bonds is 4. The molecule has 1 aromatic heterocycles. The first-order chi connectivity index (χ1) is 5.36. The van der Waals surface area contributed by atoms with Gasteiger partial charge in [0, 0.05) is 10.9 Å². The monoisotopic (exact) mass is 170 g/mol. The van der Waals surface area contributed by atoms with Gasteiger partial charge in [-0.25, -0.2) is 0 Å². The Morgan fingerprint density at radius 2 is 2.55 bits per heavy atom. The van der Waals surface area contributed by atoms with Gasteiger partial charge in [0.05, 0.1) is 0 Å². The fourth-order valence-electron chi connectivity index (χ4n) is 0.993. The van der Waals surface area contributed by atoms with E-state index in [0.717, 1.165) is 12.8 Å². The van der Waals surface area contributed by atoms with Crippen LogP contribution >= 0.6 is 11.3 Å². The molecule has 0 amide bonds. The molecular formula is C8H14N2S. The lowest BCUT2D eigenvalue weighted by Gasteiger charge is -2.10. The van der Waals surface area contributed by atoms with Crippen LogP contribution < -0.4 is 11.3 Å². The summed E-state index contributed by atoms with van der Waals surface area (Å²) in [4.78, 5) is 1.40. The molecule has 1 atom stereocenters. The highest BCUT2D eigenvalue weighted by Gasteiger charge is 2.04. The summed E-state index contributed by atoms with van der Waals surface area (Å²) in [5, 5.41) is 2.10. The highest BCUT2D eigenvalue weighted by Crippen LogP contribution is 2.11. The van der Waals surface area contributed by atoms with Gasteiger partial charge in [-0.1, -0.05) is 13.0 Å². The molecule has 0 aliphatic rings. The Hall–Kier alpha value is -0.380. The lowest BCUT2D eigenvalue weighted by molar-refractivity contribution is 0.514. The van der Waals surface area contributed by atoms with Crippen molar-refractivity contribution in [1.29, 1.82) is 0 Å². The third kappa shape index (κ3) is 2.61. The molecule has 0 aliphatic carbocycles. The van der Waals surface area contributed by atoms with Crippen molar-refractivity contribution in [3.8, 4) is 0 Å². The summed E-state index contributed by atoms with van der Waals surface area (Å²) >= 11 is 1.79. The molecular weight excluding hydrogens is 156 g/mol. The van der Waals surface area contributed by atoms with Crippen LogP contribution in [0.4, 0.5) is 0 Å². The van der Waals surface area contributed by atoms with E-state index in [1.807, 2.05) is 0 Å². The average molecular weight is 170 g/mol. The fourth-order valence-corrected chi connectivity index (χ4v) is 1.78. The molecule has 0 bridgehead atoms. The van der Waals surface area contributed by atoms with Crippen molar-refractivity contribution in [2.45, 2.75) is 25.8 Å². The molecule has 11 heavy (non-hydrogen) atoms. The molecule has 0 fully saturated rings. The maximum atomic E-state index is 5.35. The third-order valence-electron chi connectivity index (χ3n) is 1.76. The van der Waals surface area contributed by atoms with Crippen LogP contribution in [0.2, 0.25) is 0 Å².